The minimum atomic E-state index is -0.265. The average Bonchev–Trinajstić information content (AvgIpc) is 2.60. The molecule has 3 nitrogen and oxygen atoms in total. The molecule has 24 heavy (non-hydrogen) atoms. The van der Waals surface area contributed by atoms with Gasteiger partial charge in [-0.05, 0) is 36.6 Å². The van der Waals surface area contributed by atoms with Crippen molar-refractivity contribution in [2.75, 3.05) is 13.1 Å². The highest BCUT2D eigenvalue weighted by atomic mass is 19.1. The summed E-state index contributed by atoms with van der Waals surface area (Å²) in [4.78, 5) is 14.4. The van der Waals surface area contributed by atoms with E-state index in [0.717, 1.165) is 12.0 Å². The molecule has 3 rings (SSSR count). The lowest BCUT2D eigenvalue weighted by atomic mass is 10.1. The van der Waals surface area contributed by atoms with Gasteiger partial charge in [0.05, 0.1) is 12.6 Å². The second kappa shape index (κ2) is 7.58. The highest BCUT2D eigenvalue weighted by Gasteiger charge is 2.29. The maximum Gasteiger partial charge on any atom is 0.223 e. The lowest BCUT2D eigenvalue weighted by Crippen LogP contribution is -2.46. The molecule has 4 heteroatoms. The summed E-state index contributed by atoms with van der Waals surface area (Å²) in [6, 6.07) is 16.3. The lowest BCUT2D eigenvalue weighted by molar-refractivity contribution is -0.144. The Balaban J connectivity index is 1.62. The molecule has 2 atom stereocenters. The van der Waals surface area contributed by atoms with Crippen molar-refractivity contribution in [2.24, 2.45) is 0 Å². The fourth-order valence-electron chi connectivity index (χ4n) is 3.07. The molecule has 2 aromatic rings. The standard InChI is InChI=1S/C20H22FNO2/c1-15-13-22(20(23)12-7-16-5-3-2-4-6-16)14-19(24-15)17-8-10-18(21)11-9-17/h2-6,8-11,15,19H,7,12-14H2,1H3. The first-order valence-corrected chi connectivity index (χ1v) is 8.34. The van der Waals surface area contributed by atoms with Gasteiger partial charge in [-0.3, -0.25) is 4.79 Å². The Morgan fingerprint density at radius 1 is 1.12 bits per heavy atom. The van der Waals surface area contributed by atoms with Crippen molar-refractivity contribution in [3.05, 3.63) is 71.5 Å². The van der Waals surface area contributed by atoms with Crippen LogP contribution in [0.5, 0.6) is 0 Å². The number of carbonyl (C=O) groups is 1. The van der Waals surface area contributed by atoms with Gasteiger partial charge in [-0.25, -0.2) is 4.39 Å². The van der Waals surface area contributed by atoms with Crippen LogP contribution < -0.4 is 0 Å². The highest BCUT2D eigenvalue weighted by molar-refractivity contribution is 5.76. The van der Waals surface area contributed by atoms with Crippen molar-refractivity contribution < 1.29 is 13.9 Å². The van der Waals surface area contributed by atoms with E-state index in [-0.39, 0.29) is 23.9 Å². The molecular formula is C20H22FNO2. The fraction of sp³-hybridized carbons (Fsp3) is 0.350. The Bertz CT molecular complexity index is 672. The second-order valence-corrected chi connectivity index (χ2v) is 6.27. The average molecular weight is 327 g/mol. The van der Waals surface area contributed by atoms with Gasteiger partial charge in [0.2, 0.25) is 5.91 Å². The van der Waals surface area contributed by atoms with Crippen molar-refractivity contribution in [1.82, 2.24) is 4.90 Å². The number of morpholine rings is 1. The van der Waals surface area contributed by atoms with Crippen LogP contribution in [0.2, 0.25) is 0 Å². The van der Waals surface area contributed by atoms with Crippen LogP contribution in [0.25, 0.3) is 0 Å². The summed E-state index contributed by atoms with van der Waals surface area (Å²) in [5.41, 5.74) is 2.08. The van der Waals surface area contributed by atoms with E-state index >= 15 is 0 Å². The third-order valence-corrected chi connectivity index (χ3v) is 4.33. The van der Waals surface area contributed by atoms with E-state index in [0.29, 0.717) is 19.5 Å². The number of halogens is 1. The van der Waals surface area contributed by atoms with Crippen molar-refractivity contribution in [3.63, 3.8) is 0 Å². The van der Waals surface area contributed by atoms with E-state index in [4.69, 9.17) is 4.74 Å². The fourth-order valence-corrected chi connectivity index (χ4v) is 3.07. The lowest BCUT2D eigenvalue weighted by Gasteiger charge is -2.37. The number of rotatable bonds is 4. The third kappa shape index (κ3) is 4.20. The zero-order valence-electron chi connectivity index (χ0n) is 13.8. The Labute approximate surface area is 142 Å². The summed E-state index contributed by atoms with van der Waals surface area (Å²) in [5, 5.41) is 0. The molecular weight excluding hydrogens is 305 g/mol. The first-order valence-electron chi connectivity index (χ1n) is 8.34. The Morgan fingerprint density at radius 2 is 1.83 bits per heavy atom. The largest absolute Gasteiger partial charge is 0.367 e. The smallest absolute Gasteiger partial charge is 0.223 e. The summed E-state index contributed by atoms with van der Waals surface area (Å²) < 4.78 is 19.0. The summed E-state index contributed by atoms with van der Waals surface area (Å²) >= 11 is 0. The van der Waals surface area contributed by atoms with E-state index in [9.17, 15) is 9.18 Å². The molecule has 0 aromatic heterocycles. The minimum absolute atomic E-state index is 0.0329. The van der Waals surface area contributed by atoms with Crippen molar-refractivity contribution in [3.8, 4) is 0 Å². The minimum Gasteiger partial charge on any atom is -0.367 e. The van der Waals surface area contributed by atoms with Gasteiger partial charge in [-0.2, -0.15) is 0 Å². The van der Waals surface area contributed by atoms with Gasteiger partial charge < -0.3 is 9.64 Å². The topological polar surface area (TPSA) is 29.5 Å². The van der Waals surface area contributed by atoms with Crippen molar-refractivity contribution >= 4 is 5.91 Å². The zero-order chi connectivity index (χ0) is 16.9. The summed E-state index contributed by atoms with van der Waals surface area (Å²) in [5.74, 6) is -0.125. The van der Waals surface area contributed by atoms with Crippen LogP contribution >= 0.6 is 0 Å². The second-order valence-electron chi connectivity index (χ2n) is 6.27. The molecule has 0 radical (unpaired) electrons. The summed E-state index contributed by atoms with van der Waals surface area (Å²) in [7, 11) is 0. The highest BCUT2D eigenvalue weighted by Crippen LogP contribution is 2.26. The Morgan fingerprint density at radius 3 is 2.54 bits per heavy atom. The monoisotopic (exact) mass is 327 g/mol. The molecule has 2 aromatic carbocycles. The van der Waals surface area contributed by atoms with Crippen LogP contribution in [0.1, 0.15) is 30.6 Å². The predicted molar refractivity (Wildman–Crippen MR) is 91.0 cm³/mol. The maximum absolute atomic E-state index is 13.1. The van der Waals surface area contributed by atoms with Crippen LogP contribution in [-0.2, 0) is 16.0 Å². The number of amides is 1. The molecule has 0 N–H and O–H groups in total. The van der Waals surface area contributed by atoms with E-state index in [1.165, 1.54) is 17.7 Å². The maximum atomic E-state index is 13.1. The number of nitrogens with zero attached hydrogens (tertiary/aromatic N) is 1. The van der Waals surface area contributed by atoms with Crippen LogP contribution in [0.15, 0.2) is 54.6 Å². The van der Waals surface area contributed by atoms with E-state index < -0.39 is 0 Å². The third-order valence-electron chi connectivity index (χ3n) is 4.33. The summed E-state index contributed by atoms with van der Waals surface area (Å²) in [6.07, 6.45) is 1.00. The normalized spacial score (nSPS) is 20.8. The van der Waals surface area contributed by atoms with Crippen LogP contribution in [-0.4, -0.2) is 30.0 Å². The molecule has 1 fully saturated rings. The molecule has 1 heterocycles. The first kappa shape index (κ1) is 16.7. The van der Waals surface area contributed by atoms with Crippen molar-refractivity contribution in [1.29, 1.82) is 0 Å². The van der Waals surface area contributed by atoms with Gasteiger partial charge in [-0.15, -0.1) is 0 Å². The summed E-state index contributed by atoms with van der Waals surface area (Å²) in [6.45, 7) is 3.09. The van der Waals surface area contributed by atoms with Gasteiger partial charge in [0.25, 0.3) is 0 Å². The molecule has 126 valence electrons. The van der Waals surface area contributed by atoms with Gasteiger partial charge in [-0.1, -0.05) is 42.5 Å². The van der Waals surface area contributed by atoms with Gasteiger partial charge >= 0.3 is 0 Å². The number of hydrogen-bond donors (Lipinski definition) is 0. The zero-order valence-corrected chi connectivity index (χ0v) is 13.8. The number of benzene rings is 2. The molecule has 0 saturated carbocycles. The molecule has 0 bridgehead atoms. The van der Waals surface area contributed by atoms with E-state index in [1.807, 2.05) is 42.2 Å². The Kier molecular flexibility index (Phi) is 5.26. The quantitative estimate of drug-likeness (QED) is 0.856. The van der Waals surface area contributed by atoms with Gasteiger partial charge in [0.1, 0.15) is 11.9 Å². The SMILES string of the molecule is CC1CN(C(=O)CCc2ccccc2)CC(c2ccc(F)cc2)O1. The van der Waals surface area contributed by atoms with E-state index in [2.05, 4.69) is 0 Å². The first-order chi connectivity index (χ1) is 11.6. The molecule has 2 unspecified atom stereocenters. The number of hydrogen-bond acceptors (Lipinski definition) is 2. The van der Waals surface area contributed by atoms with Crippen LogP contribution in [0.3, 0.4) is 0 Å². The predicted octanol–water partition coefficient (Wildman–Crippen LogP) is 3.75. The molecule has 1 aliphatic heterocycles. The van der Waals surface area contributed by atoms with Crippen LogP contribution in [0, 0.1) is 5.82 Å². The molecule has 1 saturated heterocycles. The van der Waals surface area contributed by atoms with E-state index in [1.54, 1.807) is 12.1 Å². The Hall–Kier alpha value is -2.20. The molecule has 0 spiro atoms. The molecule has 1 aliphatic rings. The number of aryl methyl sites for hydroxylation is 1. The van der Waals surface area contributed by atoms with Crippen molar-refractivity contribution in [2.45, 2.75) is 32.0 Å². The molecule has 0 aliphatic carbocycles. The van der Waals surface area contributed by atoms with Gasteiger partial charge in [0, 0.05) is 13.0 Å². The molecule has 1 amide bonds. The number of ether oxygens (including phenoxy) is 1. The van der Waals surface area contributed by atoms with Crippen LogP contribution in [0.4, 0.5) is 4.39 Å². The number of carbonyl (C=O) groups excluding carboxylic acids is 1. The van der Waals surface area contributed by atoms with Gasteiger partial charge in [0.15, 0.2) is 0 Å².